The van der Waals surface area contributed by atoms with Gasteiger partial charge in [0.1, 0.15) is 6.10 Å². The summed E-state index contributed by atoms with van der Waals surface area (Å²) in [6, 6.07) is 0. The molecule has 1 unspecified atom stereocenters. The molecule has 9 heavy (non-hydrogen) atoms. The number of ether oxygens (including phenoxy) is 1. The predicted molar refractivity (Wildman–Crippen MR) is 34.3 cm³/mol. The highest BCUT2D eigenvalue weighted by atomic mass is 16.5. The summed E-state index contributed by atoms with van der Waals surface area (Å²) in [7, 11) is 0. The van der Waals surface area contributed by atoms with Crippen molar-refractivity contribution < 1.29 is 9.53 Å². The molecule has 0 spiro atoms. The van der Waals surface area contributed by atoms with Gasteiger partial charge in [0, 0.05) is 6.42 Å². The van der Waals surface area contributed by atoms with E-state index in [0.29, 0.717) is 12.8 Å². The lowest BCUT2D eigenvalue weighted by atomic mass is 10.2. The van der Waals surface area contributed by atoms with Gasteiger partial charge >= 0.3 is 6.47 Å². The SMILES string of the molecule is C#CCCC(C)O[C]=O. The minimum Gasteiger partial charge on any atom is -0.454 e. The fourth-order valence-corrected chi connectivity index (χ4v) is 0.428. The summed E-state index contributed by atoms with van der Waals surface area (Å²) >= 11 is 0. The van der Waals surface area contributed by atoms with Crippen LogP contribution in [-0.2, 0) is 9.53 Å². The number of carbonyl (C=O) groups excluding carboxylic acids is 1. The number of hydrogen-bond acceptors (Lipinski definition) is 2. The van der Waals surface area contributed by atoms with Crippen LogP contribution in [0.25, 0.3) is 0 Å². The molecule has 0 bridgehead atoms. The predicted octanol–water partition coefficient (Wildman–Crippen LogP) is 0.872. The summed E-state index contributed by atoms with van der Waals surface area (Å²) < 4.78 is 4.44. The van der Waals surface area contributed by atoms with Crippen LogP contribution in [-0.4, -0.2) is 12.6 Å². The Morgan fingerprint density at radius 3 is 2.89 bits per heavy atom. The highest BCUT2D eigenvalue weighted by Gasteiger charge is 1.98. The largest absolute Gasteiger partial charge is 0.454 e. The molecule has 2 nitrogen and oxygen atoms in total. The van der Waals surface area contributed by atoms with Gasteiger partial charge in [0.15, 0.2) is 0 Å². The van der Waals surface area contributed by atoms with Crippen molar-refractivity contribution in [3.05, 3.63) is 0 Å². The lowest BCUT2D eigenvalue weighted by Crippen LogP contribution is -2.05. The molecule has 0 aromatic heterocycles. The molecule has 0 saturated carbocycles. The van der Waals surface area contributed by atoms with Crippen LogP contribution in [0.2, 0.25) is 0 Å². The molecule has 0 aliphatic rings. The fraction of sp³-hybridized carbons (Fsp3) is 0.571. The second kappa shape index (κ2) is 5.17. The minimum absolute atomic E-state index is 0.0986. The molecule has 1 radical (unpaired) electrons. The topological polar surface area (TPSA) is 26.3 Å². The maximum Gasteiger partial charge on any atom is 0.417 e. The van der Waals surface area contributed by atoms with E-state index in [1.165, 1.54) is 6.47 Å². The van der Waals surface area contributed by atoms with Crippen molar-refractivity contribution in [1.29, 1.82) is 0 Å². The number of hydrogen-bond donors (Lipinski definition) is 0. The molecule has 0 saturated heterocycles. The zero-order valence-corrected chi connectivity index (χ0v) is 5.39. The molecular weight excluding hydrogens is 116 g/mol. The third kappa shape index (κ3) is 4.89. The van der Waals surface area contributed by atoms with Gasteiger partial charge in [-0.25, -0.2) is 4.79 Å². The third-order valence-corrected chi connectivity index (χ3v) is 0.944. The molecule has 0 fully saturated rings. The lowest BCUT2D eigenvalue weighted by Gasteiger charge is -2.03. The first-order chi connectivity index (χ1) is 4.31. The Labute approximate surface area is 55.2 Å². The molecule has 0 aliphatic heterocycles. The summed E-state index contributed by atoms with van der Waals surface area (Å²) in [6.07, 6.45) is 6.23. The molecule has 0 rings (SSSR count). The second-order valence-corrected chi connectivity index (χ2v) is 1.75. The Kier molecular flexibility index (Phi) is 4.61. The van der Waals surface area contributed by atoms with E-state index in [9.17, 15) is 4.79 Å². The van der Waals surface area contributed by atoms with Crippen molar-refractivity contribution >= 4 is 6.47 Å². The molecule has 49 valence electrons. The number of rotatable bonds is 4. The van der Waals surface area contributed by atoms with E-state index in [2.05, 4.69) is 10.7 Å². The first-order valence-corrected chi connectivity index (χ1v) is 2.77. The van der Waals surface area contributed by atoms with Crippen LogP contribution >= 0.6 is 0 Å². The van der Waals surface area contributed by atoms with E-state index in [0.717, 1.165) is 0 Å². The van der Waals surface area contributed by atoms with Crippen molar-refractivity contribution in [1.82, 2.24) is 0 Å². The molecule has 0 aromatic carbocycles. The van der Waals surface area contributed by atoms with E-state index >= 15 is 0 Å². The standard InChI is InChI=1S/C7H9O2/c1-3-4-5-7(2)9-6-8/h1,7H,4-5H2,2H3. The van der Waals surface area contributed by atoms with Crippen LogP contribution in [0.1, 0.15) is 19.8 Å². The highest BCUT2D eigenvalue weighted by molar-refractivity contribution is 5.38. The van der Waals surface area contributed by atoms with Crippen LogP contribution in [0, 0.1) is 12.3 Å². The molecule has 0 N–H and O–H groups in total. The van der Waals surface area contributed by atoms with E-state index in [1.807, 2.05) is 0 Å². The average Bonchev–Trinajstić information content (AvgIpc) is 1.85. The van der Waals surface area contributed by atoms with Crippen LogP contribution in [0.5, 0.6) is 0 Å². The van der Waals surface area contributed by atoms with E-state index in [4.69, 9.17) is 6.42 Å². The Hall–Kier alpha value is -0.970. The van der Waals surface area contributed by atoms with Crippen LogP contribution < -0.4 is 0 Å². The third-order valence-electron chi connectivity index (χ3n) is 0.944. The Balaban J connectivity index is 3.17. The smallest absolute Gasteiger partial charge is 0.417 e. The average molecular weight is 125 g/mol. The first-order valence-electron chi connectivity index (χ1n) is 2.77. The van der Waals surface area contributed by atoms with Gasteiger partial charge in [-0.2, -0.15) is 0 Å². The van der Waals surface area contributed by atoms with Gasteiger partial charge in [0.05, 0.1) is 0 Å². The van der Waals surface area contributed by atoms with Gasteiger partial charge in [-0.1, -0.05) is 0 Å². The Morgan fingerprint density at radius 1 is 1.78 bits per heavy atom. The summed E-state index contributed by atoms with van der Waals surface area (Å²) in [4.78, 5) is 9.58. The van der Waals surface area contributed by atoms with Crippen LogP contribution in [0.4, 0.5) is 0 Å². The lowest BCUT2D eigenvalue weighted by molar-refractivity contribution is 0.186. The minimum atomic E-state index is -0.0986. The maximum absolute atomic E-state index is 9.58. The molecule has 2 heteroatoms. The fourth-order valence-electron chi connectivity index (χ4n) is 0.428. The van der Waals surface area contributed by atoms with Gasteiger partial charge in [-0.15, -0.1) is 12.3 Å². The molecule has 0 heterocycles. The maximum atomic E-state index is 9.58. The van der Waals surface area contributed by atoms with Gasteiger partial charge < -0.3 is 4.74 Å². The zero-order valence-electron chi connectivity index (χ0n) is 5.39. The van der Waals surface area contributed by atoms with E-state index < -0.39 is 0 Å². The Bertz CT molecular complexity index is 113. The van der Waals surface area contributed by atoms with Crippen LogP contribution in [0.15, 0.2) is 0 Å². The van der Waals surface area contributed by atoms with Gasteiger partial charge in [-0.05, 0) is 13.3 Å². The van der Waals surface area contributed by atoms with Gasteiger partial charge in [0.2, 0.25) is 0 Å². The monoisotopic (exact) mass is 125 g/mol. The highest BCUT2D eigenvalue weighted by Crippen LogP contribution is 1.97. The quantitative estimate of drug-likeness (QED) is 0.521. The molecular formula is C7H9O2. The summed E-state index contributed by atoms with van der Waals surface area (Å²) in [5.74, 6) is 2.45. The first kappa shape index (κ1) is 8.03. The van der Waals surface area contributed by atoms with Crippen LogP contribution in [0.3, 0.4) is 0 Å². The normalized spacial score (nSPS) is 11.6. The zero-order chi connectivity index (χ0) is 7.11. The molecule has 0 aliphatic carbocycles. The summed E-state index contributed by atoms with van der Waals surface area (Å²) in [6.45, 7) is 3.14. The second-order valence-electron chi connectivity index (χ2n) is 1.75. The van der Waals surface area contributed by atoms with Crippen molar-refractivity contribution in [3.8, 4) is 12.3 Å². The molecule has 0 amide bonds. The van der Waals surface area contributed by atoms with Crippen molar-refractivity contribution in [3.63, 3.8) is 0 Å². The molecule has 0 aromatic rings. The Morgan fingerprint density at radius 2 is 2.44 bits per heavy atom. The van der Waals surface area contributed by atoms with Crippen molar-refractivity contribution in [2.45, 2.75) is 25.9 Å². The van der Waals surface area contributed by atoms with Crippen molar-refractivity contribution in [2.75, 3.05) is 0 Å². The van der Waals surface area contributed by atoms with Gasteiger partial charge in [-0.3, -0.25) is 0 Å². The summed E-state index contributed by atoms with van der Waals surface area (Å²) in [5.41, 5.74) is 0. The number of terminal acetylenes is 1. The van der Waals surface area contributed by atoms with E-state index in [-0.39, 0.29) is 6.10 Å². The van der Waals surface area contributed by atoms with Crippen molar-refractivity contribution in [2.24, 2.45) is 0 Å². The van der Waals surface area contributed by atoms with Gasteiger partial charge in [0.25, 0.3) is 0 Å². The van der Waals surface area contributed by atoms with E-state index in [1.54, 1.807) is 6.92 Å². The molecule has 1 atom stereocenters. The summed E-state index contributed by atoms with van der Waals surface area (Å²) in [5, 5.41) is 0.